The highest BCUT2D eigenvalue weighted by atomic mass is 19.4. The number of terminal acetylenes is 1. The first-order chi connectivity index (χ1) is 9.49. The summed E-state index contributed by atoms with van der Waals surface area (Å²) in [5.41, 5.74) is 0.0699. The third-order valence-corrected chi connectivity index (χ3v) is 3.07. The van der Waals surface area contributed by atoms with Crippen molar-refractivity contribution >= 4 is 0 Å². The predicted octanol–water partition coefficient (Wildman–Crippen LogP) is 4.55. The molecule has 1 unspecified atom stereocenters. The molecule has 0 spiro atoms. The topological polar surface area (TPSA) is 12.0 Å². The smallest absolute Gasteiger partial charge is 0.310 e. The van der Waals surface area contributed by atoms with Gasteiger partial charge in [0.25, 0.3) is 0 Å². The summed E-state index contributed by atoms with van der Waals surface area (Å²) in [6.45, 7) is 2.80. The van der Waals surface area contributed by atoms with E-state index in [4.69, 9.17) is 6.42 Å². The van der Waals surface area contributed by atoms with Crippen LogP contribution >= 0.6 is 0 Å². The lowest BCUT2D eigenvalue weighted by molar-refractivity contribution is -0.137. The van der Waals surface area contributed by atoms with Gasteiger partial charge < -0.3 is 5.32 Å². The average Bonchev–Trinajstić information content (AvgIpc) is 2.42. The van der Waals surface area contributed by atoms with Gasteiger partial charge in [-0.15, -0.1) is 12.3 Å². The first-order valence-electron chi connectivity index (χ1n) is 6.83. The fourth-order valence-corrected chi connectivity index (χ4v) is 2.05. The molecule has 0 aliphatic rings. The number of benzene rings is 1. The van der Waals surface area contributed by atoms with Gasteiger partial charge in [0.05, 0.1) is 5.56 Å². The van der Waals surface area contributed by atoms with Crippen LogP contribution < -0.4 is 5.32 Å². The van der Waals surface area contributed by atoms with Crippen LogP contribution in [0.2, 0.25) is 0 Å². The molecule has 0 bridgehead atoms. The molecule has 0 saturated heterocycles. The Bertz CT molecular complexity index is 446. The normalized spacial score (nSPS) is 12.9. The molecule has 1 nitrogen and oxygen atoms in total. The van der Waals surface area contributed by atoms with E-state index in [1.165, 1.54) is 12.1 Å². The Morgan fingerprint density at radius 1 is 1.35 bits per heavy atom. The van der Waals surface area contributed by atoms with E-state index < -0.39 is 11.7 Å². The Morgan fingerprint density at radius 2 is 2.10 bits per heavy atom. The first-order valence-corrected chi connectivity index (χ1v) is 6.83. The molecule has 1 N–H and O–H groups in total. The molecule has 0 aromatic heterocycles. The predicted molar refractivity (Wildman–Crippen MR) is 75.2 cm³/mol. The molecule has 0 aliphatic heterocycles. The molecule has 20 heavy (non-hydrogen) atoms. The van der Waals surface area contributed by atoms with Crippen LogP contribution in [0.1, 0.15) is 49.8 Å². The molecule has 1 atom stereocenters. The highest BCUT2D eigenvalue weighted by Gasteiger charge is 2.30. The SMILES string of the molecule is C#CCCCC(NCCC)c1cccc(C(F)(F)F)c1. The van der Waals surface area contributed by atoms with Crippen molar-refractivity contribution in [3.8, 4) is 12.3 Å². The van der Waals surface area contributed by atoms with Crippen LogP contribution in [-0.4, -0.2) is 6.54 Å². The van der Waals surface area contributed by atoms with E-state index in [-0.39, 0.29) is 6.04 Å². The summed E-state index contributed by atoms with van der Waals surface area (Å²) >= 11 is 0. The number of halogens is 3. The van der Waals surface area contributed by atoms with Gasteiger partial charge in [0.2, 0.25) is 0 Å². The third-order valence-electron chi connectivity index (χ3n) is 3.07. The lowest BCUT2D eigenvalue weighted by Crippen LogP contribution is -2.22. The molecule has 0 amide bonds. The number of hydrogen-bond donors (Lipinski definition) is 1. The Balaban J connectivity index is 2.86. The minimum Gasteiger partial charge on any atom is -0.310 e. The molecule has 0 radical (unpaired) electrons. The van der Waals surface area contributed by atoms with Crippen LogP contribution in [0.15, 0.2) is 24.3 Å². The van der Waals surface area contributed by atoms with Gasteiger partial charge >= 0.3 is 6.18 Å². The van der Waals surface area contributed by atoms with Crippen LogP contribution in [-0.2, 0) is 6.18 Å². The molecule has 4 heteroatoms. The summed E-state index contributed by atoms with van der Waals surface area (Å²) in [6.07, 6.45) is 4.03. The lowest BCUT2D eigenvalue weighted by Gasteiger charge is -2.20. The second-order valence-corrected chi connectivity index (χ2v) is 4.73. The Kier molecular flexibility index (Phi) is 6.60. The van der Waals surface area contributed by atoms with Crippen molar-refractivity contribution in [3.63, 3.8) is 0 Å². The van der Waals surface area contributed by atoms with E-state index >= 15 is 0 Å². The van der Waals surface area contributed by atoms with E-state index in [0.717, 1.165) is 31.9 Å². The molecule has 1 aromatic rings. The van der Waals surface area contributed by atoms with Gasteiger partial charge in [-0.05, 0) is 43.5 Å². The first kappa shape index (κ1) is 16.6. The van der Waals surface area contributed by atoms with E-state index in [2.05, 4.69) is 11.2 Å². The van der Waals surface area contributed by atoms with Gasteiger partial charge in [-0.3, -0.25) is 0 Å². The summed E-state index contributed by atoms with van der Waals surface area (Å²) in [5, 5.41) is 3.29. The van der Waals surface area contributed by atoms with Crippen molar-refractivity contribution < 1.29 is 13.2 Å². The number of alkyl halides is 3. The zero-order valence-corrected chi connectivity index (χ0v) is 11.6. The third kappa shape index (κ3) is 5.26. The molecular weight excluding hydrogens is 263 g/mol. The second-order valence-electron chi connectivity index (χ2n) is 4.73. The number of unbranched alkanes of at least 4 members (excludes halogenated alkanes) is 1. The van der Waals surface area contributed by atoms with Crippen LogP contribution in [0.4, 0.5) is 13.2 Å². The van der Waals surface area contributed by atoms with Crippen LogP contribution in [0.5, 0.6) is 0 Å². The standard InChI is InChI=1S/C16H20F3N/c1-3-5-6-10-15(20-11-4-2)13-8-7-9-14(12-13)16(17,18)19/h1,7-9,12,15,20H,4-6,10-11H2,2H3. The minimum absolute atomic E-state index is 0.0781. The highest BCUT2D eigenvalue weighted by Crippen LogP contribution is 2.31. The van der Waals surface area contributed by atoms with Crippen LogP contribution in [0.3, 0.4) is 0 Å². The molecule has 1 aromatic carbocycles. The zero-order valence-electron chi connectivity index (χ0n) is 11.6. The van der Waals surface area contributed by atoms with E-state index in [1.807, 2.05) is 6.92 Å². The summed E-state index contributed by atoms with van der Waals surface area (Å²) in [4.78, 5) is 0. The van der Waals surface area contributed by atoms with Gasteiger partial charge in [0.1, 0.15) is 0 Å². The van der Waals surface area contributed by atoms with Crippen molar-refractivity contribution in [2.24, 2.45) is 0 Å². The van der Waals surface area contributed by atoms with Crippen molar-refractivity contribution in [3.05, 3.63) is 35.4 Å². The molecule has 1 rings (SSSR count). The maximum atomic E-state index is 12.7. The van der Waals surface area contributed by atoms with Gasteiger partial charge in [-0.1, -0.05) is 19.1 Å². The van der Waals surface area contributed by atoms with Gasteiger partial charge in [-0.2, -0.15) is 13.2 Å². The molecule has 0 saturated carbocycles. The molecule has 110 valence electrons. The Hall–Kier alpha value is -1.47. The van der Waals surface area contributed by atoms with Crippen molar-refractivity contribution in [2.45, 2.75) is 44.8 Å². The molecule has 0 aliphatic carbocycles. The molecule has 0 heterocycles. The highest BCUT2D eigenvalue weighted by molar-refractivity contribution is 5.28. The van der Waals surface area contributed by atoms with E-state index in [0.29, 0.717) is 12.0 Å². The molecule has 0 fully saturated rings. The number of nitrogens with one attached hydrogen (secondary N) is 1. The number of hydrogen-bond acceptors (Lipinski definition) is 1. The van der Waals surface area contributed by atoms with Crippen molar-refractivity contribution in [1.82, 2.24) is 5.32 Å². The van der Waals surface area contributed by atoms with Crippen LogP contribution in [0, 0.1) is 12.3 Å². The second kappa shape index (κ2) is 7.96. The summed E-state index contributed by atoms with van der Waals surface area (Å²) < 4.78 is 38.2. The Morgan fingerprint density at radius 3 is 2.70 bits per heavy atom. The van der Waals surface area contributed by atoms with E-state index in [9.17, 15) is 13.2 Å². The lowest BCUT2D eigenvalue weighted by atomic mass is 9.98. The maximum Gasteiger partial charge on any atom is 0.416 e. The van der Waals surface area contributed by atoms with Crippen LogP contribution in [0.25, 0.3) is 0 Å². The van der Waals surface area contributed by atoms with Gasteiger partial charge in [-0.25, -0.2) is 0 Å². The monoisotopic (exact) mass is 283 g/mol. The quantitative estimate of drug-likeness (QED) is 0.572. The maximum absolute atomic E-state index is 12.7. The minimum atomic E-state index is -4.30. The fourth-order valence-electron chi connectivity index (χ4n) is 2.05. The zero-order chi connectivity index (χ0) is 15.0. The average molecular weight is 283 g/mol. The Labute approximate surface area is 118 Å². The molecular formula is C16H20F3N. The van der Waals surface area contributed by atoms with Crippen molar-refractivity contribution in [1.29, 1.82) is 0 Å². The van der Waals surface area contributed by atoms with E-state index in [1.54, 1.807) is 6.07 Å². The fraction of sp³-hybridized carbons (Fsp3) is 0.500. The number of rotatable bonds is 7. The van der Waals surface area contributed by atoms with Crippen molar-refractivity contribution in [2.75, 3.05) is 6.54 Å². The van der Waals surface area contributed by atoms with Gasteiger partial charge in [0, 0.05) is 12.5 Å². The van der Waals surface area contributed by atoms with Gasteiger partial charge in [0.15, 0.2) is 0 Å². The summed E-state index contributed by atoms with van der Waals surface area (Å²) in [5.74, 6) is 2.56. The summed E-state index contributed by atoms with van der Waals surface area (Å²) in [7, 11) is 0. The largest absolute Gasteiger partial charge is 0.416 e. The summed E-state index contributed by atoms with van der Waals surface area (Å²) in [6, 6.07) is 5.44.